The Balaban J connectivity index is 2.25. The van der Waals surface area contributed by atoms with Gasteiger partial charge in [0.1, 0.15) is 6.04 Å². The van der Waals surface area contributed by atoms with Crippen LogP contribution in [0, 0.1) is 0 Å². The van der Waals surface area contributed by atoms with E-state index in [4.69, 9.17) is 0 Å². The van der Waals surface area contributed by atoms with Crippen molar-refractivity contribution in [3.8, 4) is 0 Å². The van der Waals surface area contributed by atoms with Crippen LogP contribution in [0.25, 0.3) is 0 Å². The van der Waals surface area contributed by atoms with Crippen molar-refractivity contribution in [1.82, 2.24) is 15.2 Å². The van der Waals surface area contributed by atoms with E-state index in [9.17, 15) is 13.2 Å². The summed E-state index contributed by atoms with van der Waals surface area (Å²) in [6.45, 7) is 1.94. The second-order valence-corrected chi connectivity index (χ2v) is 3.98. The SMILES string of the molecule is FC(F)(F)[C@H](c1ccccn1)N1CCNCC1. The van der Waals surface area contributed by atoms with Crippen LogP contribution in [0.2, 0.25) is 0 Å². The maximum atomic E-state index is 13.1. The number of nitrogens with zero attached hydrogens (tertiary/aromatic N) is 2. The molecule has 1 fully saturated rings. The zero-order valence-corrected chi connectivity index (χ0v) is 9.24. The fourth-order valence-electron chi connectivity index (χ4n) is 2.04. The predicted molar refractivity (Wildman–Crippen MR) is 57.5 cm³/mol. The molecule has 2 rings (SSSR count). The lowest BCUT2D eigenvalue weighted by Crippen LogP contribution is -2.49. The summed E-state index contributed by atoms with van der Waals surface area (Å²) in [5.74, 6) is 0. The van der Waals surface area contributed by atoms with Crippen LogP contribution >= 0.6 is 0 Å². The Labute approximate surface area is 97.6 Å². The van der Waals surface area contributed by atoms with Crippen molar-refractivity contribution in [3.63, 3.8) is 0 Å². The van der Waals surface area contributed by atoms with Crippen LogP contribution < -0.4 is 5.32 Å². The molecular formula is C11H14F3N3. The Morgan fingerprint density at radius 2 is 1.94 bits per heavy atom. The minimum Gasteiger partial charge on any atom is -0.314 e. The van der Waals surface area contributed by atoms with Gasteiger partial charge in [0.05, 0.1) is 5.69 Å². The van der Waals surface area contributed by atoms with E-state index in [1.165, 1.54) is 17.2 Å². The molecule has 1 N–H and O–H groups in total. The van der Waals surface area contributed by atoms with Crippen LogP contribution in [0.15, 0.2) is 24.4 Å². The normalized spacial score (nSPS) is 20.2. The summed E-state index contributed by atoms with van der Waals surface area (Å²) in [7, 11) is 0. The first-order valence-corrected chi connectivity index (χ1v) is 5.51. The minimum atomic E-state index is -4.29. The third-order valence-electron chi connectivity index (χ3n) is 2.79. The molecule has 0 aromatic carbocycles. The molecule has 1 aliphatic heterocycles. The summed E-state index contributed by atoms with van der Waals surface area (Å²) >= 11 is 0. The molecule has 1 atom stereocenters. The monoisotopic (exact) mass is 245 g/mol. The molecule has 2 heterocycles. The van der Waals surface area contributed by atoms with Crippen molar-refractivity contribution in [2.45, 2.75) is 12.2 Å². The number of aromatic nitrogens is 1. The van der Waals surface area contributed by atoms with Crippen molar-refractivity contribution < 1.29 is 13.2 Å². The smallest absolute Gasteiger partial charge is 0.314 e. The number of hydrogen-bond donors (Lipinski definition) is 1. The molecule has 0 spiro atoms. The molecule has 0 saturated carbocycles. The summed E-state index contributed by atoms with van der Waals surface area (Å²) in [6, 6.07) is 3.05. The van der Waals surface area contributed by atoms with Crippen LogP contribution in [-0.2, 0) is 0 Å². The highest BCUT2D eigenvalue weighted by atomic mass is 19.4. The third-order valence-corrected chi connectivity index (χ3v) is 2.79. The fraction of sp³-hybridized carbons (Fsp3) is 0.545. The summed E-state index contributed by atoms with van der Waals surface area (Å²) in [6.07, 6.45) is -2.89. The molecule has 0 radical (unpaired) electrons. The number of nitrogens with one attached hydrogen (secondary N) is 1. The lowest BCUT2D eigenvalue weighted by molar-refractivity contribution is -0.188. The Morgan fingerprint density at radius 1 is 1.24 bits per heavy atom. The first-order chi connectivity index (χ1) is 8.09. The maximum absolute atomic E-state index is 13.1. The molecule has 6 heteroatoms. The van der Waals surface area contributed by atoms with E-state index in [1.54, 1.807) is 12.1 Å². The van der Waals surface area contributed by atoms with Gasteiger partial charge in [-0.05, 0) is 12.1 Å². The molecule has 3 nitrogen and oxygen atoms in total. The molecule has 94 valence electrons. The molecule has 17 heavy (non-hydrogen) atoms. The van der Waals surface area contributed by atoms with Crippen LogP contribution in [0.1, 0.15) is 11.7 Å². The largest absolute Gasteiger partial charge is 0.409 e. The first kappa shape index (κ1) is 12.3. The second kappa shape index (κ2) is 5.01. The Morgan fingerprint density at radius 3 is 2.47 bits per heavy atom. The quantitative estimate of drug-likeness (QED) is 0.857. The van der Waals surface area contributed by atoms with E-state index in [0.29, 0.717) is 26.2 Å². The van der Waals surface area contributed by atoms with Crippen molar-refractivity contribution >= 4 is 0 Å². The topological polar surface area (TPSA) is 28.2 Å². The summed E-state index contributed by atoms with van der Waals surface area (Å²) < 4.78 is 39.3. The fourth-order valence-corrected chi connectivity index (χ4v) is 2.04. The molecule has 0 bridgehead atoms. The van der Waals surface area contributed by atoms with Crippen molar-refractivity contribution in [2.75, 3.05) is 26.2 Å². The maximum Gasteiger partial charge on any atom is 0.409 e. The molecule has 1 aliphatic rings. The van der Waals surface area contributed by atoms with Crippen LogP contribution in [0.3, 0.4) is 0 Å². The van der Waals surface area contributed by atoms with Crippen LogP contribution in [0.5, 0.6) is 0 Å². The Hall–Kier alpha value is -1.14. The molecular weight excluding hydrogens is 231 g/mol. The summed E-state index contributed by atoms with van der Waals surface area (Å²) in [4.78, 5) is 5.27. The Kier molecular flexibility index (Phi) is 3.63. The minimum absolute atomic E-state index is 0.0712. The first-order valence-electron chi connectivity index (χ1n) is 5.51. The van der Waals surface area contributed by atoms with Crippen LogP contribution in [0.4, 0.5) is 13.2 Å². The van der Waals surface area contributed by atoms with E-state index in [0.717, 1.165) is 0 Å². The van der Waals surface area contributed by atoms with Gasteiger partial charge in [-0.15, -0.1) is 0 Å². The lowest BCUT2D eigenvalue weighted by atomic mass is 10.1. The molecule has 1 aromatic rings. The summed E-state index contributed by atoms with van der Waals surface area (Å²) in [5, 5.41) is 3.04. The highest BCUT2D eigenvalue weighted by Crippen LogP contribution is 2.36. The highest BCUT2D eigenvalue weighted by molar-refractivity contribution is 5.11. The number of halogens is 3. The number of hydrogen-bond acceptors (Lipinski definition) is 3. The van der Waals surface area contributed by atoms with Crippen molar-refractivity contribution in [3.05, 3.63) is 30.1 Å². The van der Waals surface area contributed by atoms with Gasteiger partial charge in [0.15, 0.2) is 0 Å². The third kappa shape index (κ3) is 2.95. The molecule has 0 aliphatic carbocycles. The van der Waals surface area contributed by atoms with E-state index in [2.05, 4.69) is 10.3 Å². The predicted octanol–water partition coefficient (Wildman–Crippen LogP) is 1.59. The summed E-state index contributed by atoms with van der Waals surface area (Å²) in [5.41, 5.74) is 0.0712. The number of alkyl halides is 3. The standard InChI is InChI=1S/C11H14F3N3/c12-11(13,14)10(9-3-1-2-4-16-9)17-7-5-15-6-8-17/h1-4,10,15H,5-8H2/t10-/m0/s1. The van der Waals surface area contributed by atoms with Gasteiger partial charge in [-0.1, -0.05) is 6.07 Å². The van der Waals surface area contributed by atoms with Gasteiger partial charge in [-0.2, -0.15) is 13.2 Å². The van der Waals surface area contributed by atoms with Gasteiger partial charge < -0.3 is 5.32 Å². The van der Waals surface area contributed by atoms with Gasteiger partial charge in [0, 0.05) is 32.4 Å². The van der Waals surface area contributed by atoms with Gasteiger partial charge in [-0.3, -0.25) is 9.88 Å². The second-order valence-electron chi connectivity index (χ2n) is 3.98. The van der Waals surface area contributed by atoms with Crippen molar-refractivity contribution in [1.29, 1.82) is 0 Å². The van der Waals surface area contributed by atoms with Gasteiger partial charge in [-0.25, -0.2) is 0 Å². The van der Waals surface area contributed by atoms with E-state index in [-0.39, 0.29) is 5.69 Å². The zero-order valence-electron chi connectivity index (χ0n) is 9.24. The van der Waals surface area contributed by atoms with E-state index < -0.39 is 12.2 Å². The lowest BCUT2D eigenvalue weighted by Gasteiger charge is -2.35. The van der Waals surface area contributed by atoms with Gasteiger partial charge in [0.25, 0.3) is 0 Å². The number of pyridine rings is 1. The molecule has 0 unspecified atom stereocenters. The van der Waals surface area contributed by atoms with Gasteiger partial charge >= 0.3 is 6.18 Å². The van der Waals surface area contributed by atoms with Crippen molar-refractivity contribution in [2.24, 2.45) is 0 Å². The molecule has 1 saturated heterocycles. The molecule has 1 aromatic heterocycles. The van der Waals surface area contributed by atoms with E-state index >= 15 is 0 Å². The average Bonchev–Trinajstić information content (AvgIpc) is 2.30. The number of piperazine rings is 1. The Bertz CT molecular complexity index is 347. The average molecular weight is 245 g/mol. The highest BCUT2D eigenvalue weighted by Gasteiger charge is 2.45. The van der Waals surface area contributed by atoms with Crippen LogP contribution in [-0.4, -0.2) is 42.2 Å². The molecule has 0 amide bonds. The zero-order chi connectivity index (χ0) is 12.3. The number of rotatable bonds is 2. The van der Waals surface area contributed by atoms with E-state index in [1.807, 2.05) is 0 Å². The van der Waals surface area contributed by atoms with Gasteiger partial charge in [0.2, 0.25) is 0 Å².